The number of H-pyrrole nitrogens is 1. The molecule has 2 N–H and O–H groups in total. The molecule has 3 aromatic rings. The molecule has 0 saturated carbocycles. The first kappa shape index (κ1) is 16.3. The van der Waals surface area contributed by atoms with E-state index in [0.717, 1.165) is 34.6 Å². The molecule has 1 saturated heterocycles. The molecule has 0 radical (unpaired) electrons. The number of aliphatic hydroxyl groups is 1. The summed E-state index contributed by atoms with van der Waals surface area (Å²) in [7, 11) is 0. The summed E-state index contributed by atoms with van der Waals surface area (Å²) in [5.74, 6) is 1.13. The van der Waals surface area contributed by atoms with Gasteiger partial charge in [-0.2, -0.15) is 0 Å². The Kier molecular flexibility index (Phi) is 4.31. The van der Waals surface area contributed by atoms with Crippen molar-refractivity contribution in [3.05, 3.63) is 52.0 Å². The van der Waals surface area contributed by atoms with Crippen LogP contribution in [-0.2, 0) is 0 Å². The van der Waals surface area contributed by atoms with E-state index < -0.39 is 6.10 Å². The minimum atomic E-state index is -0.415. The van der Waals surface area contributed by atoms with E-state index in [1.165, 1.54) is 0 Å². The van der Waals surface area contributed by atoms with Crippen molar-refractivity contribution < 1.29 is 9.90 Å². The van der Waals surface area contributed by atoms with Crippen molar-refractivity contribution in [3.63, 3.8) is 0 Å². The number of hydrogen-bond acceptors (Lipinski definition) is 4. The number of nitrogens with zero attached hydrogens (tertiary/aromatic N) is 2. The predicted molar refractivity (Wildman–Crippen MR) is 98.7 cm³/mol. The van der Waals surface area contributed by atoms with E-state index in [9.17, 15) is 9.90 Å². The fourth-order valence-electron chi connectivity index (χ4n) is 3.56. The Labute approximate surface area is 150 Å². The average Bonchev–Trinajstić information content (AvgIpc) is 3.28. The van der Waals surface area contributed by atoms with Gasteiger partial charge in [-0.1, -0.05) is 6.07 Å². The SMILES string of the molecule is Cc1nc2ccc(C(=O)N3CCC([C@@H](O)c4cccs4)CC3)cc2[nH]1. The maximum atomic E-state index is 12.8. The molecule has 2 aromatic heterocycles. The van der Waals surface area contributed by atoms with E-state index in [4.69, 9.17) is 0 Å². The molecule has 5 nitrogen and oxygen atoms in total. The molecule has 1 amide bonds. The van der Waals surface area contributed by atoms with E-state index >= 15 is 0 Å². The Balaban J connectivity index is 1.43. The topological polar surface area (TPSA) is 69.2 Å². The first-order chi connectivity index (χ1) is 12.1. The lowest BCUT2D eigenvalue weighted by molar-refractivity contribution is 0.0474. The van der Waals surface area contributed by atoms with Crippen molar-refractivity contribution in [1.82, 2.24) is 14.9 Å². The van der Waals surface area contributed by atoms with Crippen molar-refractivity contribution in [2.45, 2.75) is 25.9 Å². The van der Waals surface area contributed by atoms with E-state index in [1.807, 2.05) is 47.5 Å². The van der Waals surface area contributed by atoms with E-state index in [0.29, 0.717) is 18.7 Å². The number of hydrogen-bond donors (Lipinski definition) is 2. The molecule has 0 aliphatic carbocycles. The van der Waals surface area contributed by atoms with Crippen LogP contribution in [0.2, 0.25) is 0 Å². The van der Waals surface area contributed by atoms with Gasteiger partial charge in [-0.25, -0.2) is 4.98 Å². The molecule has 1 aliphatic rings. The van der Waals surface area contributed by atoms with Crippen LogP contribution in [0, 0.1) is 12.8 Å². The number of rotatable bonds is 3. The van der Waals surface area contributed by atoms with Gasteiger partial charge in [0, 0.05) is 23.5 Å². The molecular formula is C19H21N3O2S. The van der Waals surface area contributed by atoms with E-state index in [-0.39, 0.29) is 11.8 Å². The van der Waals surface area contributed by atoms with Crippen molar-refractivity contribution in [3.8, 4) is 0 Å². The first-order valence-corrected chi connectivity index (χ1v) is 9.47. The van der Waals surface area contributed by atoms with Crippen LogP contribution in [0.3, 0.4) is 0 Å². The number of aliphatic hydroxyl groups excluding tert-OH is 1. The molecule has 3 heterocycles. The molecule has 6 heteroatoms. The third-order valence-corrected chi connectivity index (χ3v) is 5.90. The average molecular weight is 355 g/mol. The van der Waals surface area contributed by atoms with Gasteiger partial charge in [0.25, 0.3) is 5.91 Å². The summed E-state index contributed by atoms with van der Waals surface area (Å²) >= 11 is 1.59. The van der Waals surface area contributed by atoms with E-state index in [2.05, 4.69) is 9.97 Å². The van der Waals surface area contributed by atoms with Crippen LogP contribution < -0.4 is 0 Å². The third kappa shape index (κ3) is 3.19. The monoisotopic (exact) mass is 355 g/mol. The van der Waals surface area contributed by atoms with Crippen LogP contribution >= 0.6 is 11.3 Å². The molecule has 1 fully saturated rings. The second-order valence-electron chi connectivity index (χ2n) is 6.64. The number of aromatic nitrogens is 2. The van der Waals surface area contributed by atoms with Crippen LogP contribution in [0.1, 0.15) is 40.0 Å². The minimum absolute atomic E-state index is 0.0539. The summed E-state index contributed by atoms with van der Waals surface area (Å²) in [6.07, 6.45) is 1.24. The van der Waals surface area contributed by atoms with Gasteiger partial charge in [-0.3, -0.25) is 4.79 Å². The van der Waals surface area contributed by atoms with E-state index in [1.54, 1.807) is 11.3 Å². The third-order valence-electron chi connectivity index (χ3n) is 4.96. The number of aromatic amines is 1. The molecule has 1 atom stereocenters. The molecule has 0 unspecified atom stereocenters. The summed E-state index contributed by atoms with van der Waals surface area (Å²) in [4.78, 5) is 23.2. The number of likely N-dealkylation sites (tertiary alicyclic amines) is 1. The number of benzene rings is 1. The van der Waals surface area contributed by atoms with Gasteiger partial charge in [0.1, 0.15) is 5.82 Å². The number of imidazole rings is 1. The lowest BCUT2D eigenvalue weighted by atomic mass is 9.90. The highest BCUT2D eigenvalue weighted by molar-refractivity contribution is 7.10. The maximum Gasteiger partial charge on any atom is 0.253 e. The van der Waals surface area contributed by atoms with Gasteiger partial charge in [-0.15, -0.1) is 11.3 Å². The van der Waals surface area contributed by atoms with Crippen molar-refractivity contribution in [2.75, 3.05) is 13.1 Å². The molecule has 0 spiro atoms. The number of aryl methyl sites for hydroxylation is 1. The minimum Gasteiger partial charge on any atom is -0.387 e. The summed E-state index contributed by atoms with van der Waals surface area (Å²) in [6, 6.07) is 9.56. The number of piperidine rings is 1. The number of nitrogens with one attached hydrogen (secondary N) is 1. The van der Waals surface area contributed by atoms with Gasteiger partial charge >= 0.3 is 0 Å². The smallest absolute Gasteiger partial charge is 0.253 e. The van der Waals surface area contributed by atoms with Crippen LogP contribution in [0.4, 0.5) is 0 Å². The molecule has 4 rings (SSSR count). The number of amides is 1. The Hall–Kier alpha value is -2.18. The van der Waals surface area contributed by atoms with Crippen molar-refractivity contribution >= 4 is 28.3 Å². The van der Waals surface area contributed by atoms with Crippen LogP contribution in [0.25, 0.3) is 11.0 Å². The lowest BCUT2D eigenvalue weighted by Crippen LogP contribution is -2.39. The van der Waals surface area contributed by atoms with Crippen LogP contribution in [-0.4, -0.2) is 39.0 Å². The highest BCUT2D eigenvalue weighted by Gasteiger charge is 2.29. The molecule has 1 aliphatic heterocycles. The maximum absolute atomic E-state index is 12.8. The highest BCUT2D eigenvalue weighted by atomic mass is 32.1. The first-order valence-electron chi connectivity index (χ1n) is 8.59. The normalized spacial score (nSPS) is 17.1. The zero-order chi connectivity index (χ0) is 17.4. The molecule has 130 valence electrons. The number of carbonyl (C=O) groups excluding carboxylic acids is 1. The van der Waals surface area contributed by atoms with Crippen LogP contribution in [0.5, 0.6) is 0 Å². The summed E-state index contributed by atoms with van der Waals surface area (Å²) in [5.41, 5.74) is 2.46. The molecule has 1 aromatic carbocycles. The Morgan fingerprint density at radius 2 is 2.16 bits per heavy atom. The lowest BCUT2D eigenvalue weighted by Gasteiger charge is -2.34. The molecule has 25 heavy (non-hydrogen) atoms. The standard InChI is InChI=1S/C19H21N3O2S/c1-12-20-15-5-4-14(11-16(15)21-12)19(24)22-8-6-13(7-9-22)18(23)17-3-2-10-25-17/h2-5,10-11,13,18,23H,6-9H2,1H3,(H,20,21)/t18-/m1/s1. The Bertz CT molecular complexity index is 879. The zero-order valence-corrected chi connectivity index (χ0v) is 14.9. The quantitative estimate of drug-likeness (QED) is 0.755. The summed E-state index contributed by atoms with van der Waals surface area (Å²) < 4.78 is 0. The molecular weight excluding hydrogens is 334 g/mol. The van der Waals surface area contributed by atoms with Crippen molar-refractivity contribution in [1.29, 1.82) is 0 Å². The number of carbonyl (C=O) groups is 1. The number of fused-ring (bicyclic) bond motifs is 1. The second kappa shape index (κ2) is 6.61. The molecule has 0 bridgehead atoms. The Morgan fingerprint density at radius 3 is 2.88 bits per heavy atom. The van der Waals surface area contributed by atoms with Gasteiger partial charge in [0.05, 0.1) is 17.1 Å². The second-order valence-corrected chi connectivity index (χ2v) is 7.62. The van der Waals surface area contributed by atoms with Gasteiger partial charge in [-0.05, 0) is 55.3 Å². The van der Waals surface area contributed by atoms with Gasteiger partial charge in [0.2, 0.25) is 0 Å². The highest BCUT2D eigenvalue weighted by Crippen LogP contribution is 2.33. The Morgan fingerprint density at radius 1 is 1.36 bits per heavy atom. The fraction of sp³-hybridized carbons (Fsp3) is 0.368. The van der Waals surface area contributed by atoms with Gasteiger partial charge < -0.3 is 15.0 Å². The fourth-order valence-corrected chi connectivity index (χ4v) is 4.37. The van der Waals surface area contributed by atoms with Crippen LogP contribution in [0.15, 0.2) is 35.7 Å². The zero-order valence-electron chi connectivity index (χ0n) is 14.1. The van der Waals surface area contributed by atoms with Gasteiger partial charge in [0.15, 0.2) is 0 Å². The van der Waals surface area contributed by atoms with Crippen molar-refractivity contribution in [2.24, 2.45) is 5.92 Å². The predicted octanol–water partition coefficient (Wildman–Crippen LogP) is 3.52. The summed E-state index contributed by atoms with van der Waals surface area (Å²) in [5, 5.41) is 12.5. The number of thiophene rings is 1. The summed E-state index contributed by atoms with van der Waals surface area (Å²) in [6.45, 7) is 3.28. The largest absolute Gasteiger partial charge is 0.387 e.